The minimum Gasteiger partial charge on any atom is -0.305 e. The monoisotopic (exact) mass is 249 g/mol. The summed E-state index contributed by atoms with van der Waals surface area (Å²) in [6.07, 6.45) is 2.05. The van der Waals surface area contributed by atoms with Crippen LogP contribution in [0.25, 0.3) is 0 Å². The number of aromatic nitrogens is 6. The minimum absolute atomic E-state index is 0.0460. The number of hydrogen-bond donors (Lipinski definition) is 2. The number of rotatable bonds is 4. The van der Waals surface area contributed by atoms with E-state index in [-0.39, 0.29) is 5.41 Å². The molecule has 7 nitrogen and oxygen atoms in total. The van der Waals surface area contributed by atoms with Crippen LogP contribution >= 0.6 is 0 Å². The molecule has 0 spiro atoms. The first-order valence-corrected chi connectivity index (χ1v) is 5.93. The smallest absolute Gasteiger partial charge is 0.188 e. The van der Waals surface area contributed by atoms with E-state index in [1.54, 1.807) is 0 Å². The summed E-state index contributed by atoms with van der Waals surface area (Å²) in [6.45, 7) is 7.83. The van der Waals surface area contributed by atoms with Crippen LogP contribution in [0.1, 0.15) is 37.9 Å². The van der Waals surface area contributed by atoms with Crippen LogP contribution in [-0.2, 0) is 25.6 Å². The van der Waals surface area contributed by atoms with Crippen LogP contribution in [0.4, 0.5) is 0 Å². The molecule has 2 aromatic heterocycles. The van der Waals surface area contributed by atoms with Crippen molar-refractivity contribution in [3.8, 4) is 0 Å². The molecule has 0 atom stereocenters. The second-order valence-electron chi connectivity index (χ2n) is 5.36. The summed E-state index contributed by atoms with van der Waals surface area (Å²) in [5, 5.41) is 21.5. The molecule has 2 rings (SSSR count). The third-order valence-corrected chi connectivity index (χ3v) is 2.60. The molecule has 0 aliphatic heterocycles. The van der Waals surface area contributed by atoms with Crippen molar-refractivity contribution in [3.63, 3.8) is 0 Å². The zero-order valence-corrected chi connectivity index (χ0v) is 11.2. The molecular weight excluding hydrogens is 230 g/mol. The quantitative estimate of drug-likeness (QED) is 0.825. The van der Waals surface area contributed by atoms with Gasteiger partial charge in [0.05, 0.1) is 12.2 Å². The molecular formula is C11H19N7. The van der Waals surface area contributed by atoms with Crippen LogP contribution in [0, 0.1) is 0 Å². The summed E-state index contributed by atoms with van der Waals surface area (Å²) in [4.78, 5) is 0. The van der Waals surface area contributed by atoms with Crippen LogP contribution in [-0.4, -0.2) is 30.4 Å². The van der Waals surface area contributed by atoms with Gasteiger partial charge in [-0.1, -0.05) is 26.0 Å². The van der Waals surface area contributed by atoms with E-state index in [0.29, 0.717) is 12.4 Å². The molecule has 0 bridgehead atoms. The molecule has 0 saturated heterocycles. The predicted molar refractivity (Wildman–Crippen MR) is 66.6 cm³/mol. The summed E-state index contributed by atoms with van der Waals surface area (Å²) < 4.78 is 1.85. The maximum atomic E-state index is 4.52. The third-order valence-electron chi connectivity index (χ3n) is 2.60. The second kappa shape index (κ2) is 4.85. The molecule has 0 fully saturated rings. The van der Waals surface area contributed by atoms with Crippen molar-refractivity contribution in [1.82, 2.24) is 35.7 Å². The van der Waals surface area contributed by atoms with E-state index in [0.717, 1.165) is 12.2 Å². The lowest BCUT2D eigenvalue weighted by Gasteiger charge is -2.17. The van der Waals surface area contributed by atoms with Gasteiger partial charge in [-0.15, -0.1) is 10.2 Å². The zero-order chi connectivity index (χ0) is 13.2. The molecule has 0 radical (unpaired) electrons. The Kier molecular flexibility index (Phi) is 3.42. The first-order valence-electron chi connectivity index (χ1n) is 5.93. The second-order valence-corrected chi connectivity index (χ2v) is 5.36. The van der Waals surface area contributed by atoms with Crippen molar-refractivity contribution in [2.24, 2.45) is 7.05 Å². The Labute approximate surface area is 106 Å². The van der Waals surface area contributed by atoms with Gasteiger partial charge in [-0.25, -0.2) is 0 Å². The molecule has 0 saturated carbocycles. The van der Waals surface area contributed by atoms with Gasteiger partial charge >= 0.3 is 0 Å². The minimum atomic E-state index is 0.0460. The number of tetrazole rings is 1. The molecule has 18 heavy (non-hydrogen) atoms. The average molecular weight is 249 g/mol. The topological polar surface area (TPSA) is 84.3 Å². The summed E-state index contributed by atoms with van der Waals surface area (Å²) in [7, 11) is 1.94. The fourth-order valence-electron chi connectivity index (χ4n) is 1.86. The SMILES string of the molecule is Cn1cc(CNCc2nn[nH]n2)c(C(C)(C)C)n1. The van der Waals surface area contributed by atoms with E-state index in [2.05, 4.69) is 51.8 Å². The first-order chi connectivity index (χ1) is 8.47. The number of nitrogens with one attached hydrogen (secondary N) is 2. The highest BCUT2D eigenvalue weighted by atomic mass is 15.5. The van der Waals surface area contributed by atoms with Crippen molar-refractivity contribution < 1.29 is 0 Å². The Hall–Kier alpha value is -1.76. The Morgan fingerprint density at radius 2 is 2.11 bits per heavy atom. The molecule has 2 N–H and O–H groups in total. The molecule has 2 heterocycles. The van der Waals surface area contributed by atoms with Crippen molar-refractivity contribution >= 4 is 0 Å². The van der Waals surface area contributed by atoms with Gasteiger partial charge in [-0.3, -0.25) is 4.68 Å². The van der Waals surface area contributed by atoms with Gasteiger partial charge in [0.15, 0.2) is 5.82 Å². The zero-order valence-electron chi connectivity index (χ0n) is 11.2. The highest BCUT2D eigenvalue weighted by molar-refractivity contribution is 5.23. The van der Waals surface area contributed by atoms with Gasteiger partial charge in [0.1, 0.15) is 0 Å². The average Bonchev–Trinajstić information content (AvgIpc) is 2.87. The van der Waals surface area contributed by atoms with Crippen molar-refractivity contribution in [3.05, 3.63) is 23.3 Å². The van der Waals surface area contributed by atoms with Crippen molar-refractivity contribution in [1.29, 1.82) is 0 Å². The molecule has 98 valence electrons. The van der Waals surface area contributed by atoms with Gasteiger partial charge in [0.25, 0.3) is 0 Å². The van der Waals surface area contributed by atoms with Crippen LogP contribution in [0.2, 0.25) is 0 Å². The van der Waals surface area contributed by atoms with E-state index in [1.807, 2.05) is 17.9 Å². The first kappa shape index (κ1) is 12.7. The fourth-order valence-corrected chi connectivity index (χ4v) is 1.86. The lowest BCUT2D eigenvalue weighted by Crippen LogP contribution is -2.19. The molecule has 0 aliphatic carbocycles. The summed E-state index contributed by atoms with van der Waals surface area (Å²) in [6, 6.07) is 0. The van der Waals surface area contributed by atoms with Crippen molar-refractivity contribution in [2.75, 3.05) is 0 Å². The van der Waals surface area contributed by atoms with Crippen molar-refractivity contribution in [2.45, 2.75) is 39.3 Å². The number of nitrogens with zero attached hydrogens (tertiary/aromatic N) is 5. The Bertz CT molecular complexity index is 492. The number of aromatic amines is 1. The molecule has 7 heteroatoms. The number of aryl methyl sites for hydroxylation is 1. The fraction of sp³-hybridized carbons (Fsp3) is 0.636. The lowest BCUT2D eigenvalue weighted by atomic mass is 9.89. The maximum absolute atomic E-state index is 4.52. The summed E-state index contributed by atoms with van der Waals surface area (Å²) in [5.74, 6) is 0.663. The van der Waals surface area contributed by atoms with Gasteiger partial charge in [-0.05, 0) is 0 Å². The third kappa shape index (κ3) is 2.92. The number of H-pyrrole nitrogens is 1. The largest absolute Gasteiger partial charge is 0.305 e. The molecule has 0 aromatic carbocycles. The van der Waals surface area contributed by atoms with E-state index in [9.17, 15) is 0 Å². The molecule has 2 aromatic rings. The van der Waals surface area contributed by atoms with E-state index in [4.69, 9.17) is 0 Å². The van der Waals surface area contributed by atoms with Gasteiger partial charge < -0.3 is 5.32 Å². The van der Waals surface area contributed by atoms with E-state index >= 15 is 0 Å². The van der Waals surface area contributed by atoms with Crippen LogP contribution in [0.3, 0.4) is 0 Å². The highest BCUT2D eigenvalue weighted by Gasteiger charge is 2.21. The molecule has 0 amide bonds. The molecule has 0 aliphatic rings. The summed E-state index contributed by atoms with van der Waals surface area (Å²) >= 11 is 0. The standard InChI is InChI=1S/C11H19N7/c1-11(2,3)10-8(7-18(4)15-10)5-12-6-9-13-16-17-14-9/h7,12H,5-6H2,1-4H3,(H,13,14,16,17). The van der Waals surface area contributed by atoms with Gasteiger partial charge in [0, 0.05) is 30.8 Å². The Morgan fingerprint density at radius 1 is 1.33 bits per heavy atom. The Morgan fingerprint density at radius 3 is 2.72 bits per heavy atom. The number of hydrogen-bond acceptors (Lipinski definition) is 5. The van der Waals surface area contributed by atoms with E-state index < -0.39 is 0 Å². The van der Waals surface area contributed by atoms with Gasteiger partial charge in [-0.2, -0.15) is 10.3 Å². The summed E-state index contributed by atoms with van der Waals surface area (Å²) in [5.41, 5.74) is 2.36. The highest BCUT2D eigenvalue weighted by Crippen LogP contribution is 2.23. The van der Waals surface area contributed by atoms with Crippen LogP contribution in [0.5, 0.6) is 0 Å². The van der Waals surface area contributed by atoms with Gasteiger partial charge in [0.2, 0.25) is 0 Å². The Balaban J connectivity index is 2.01. The van der Waals surface area contributed by atoms with Crippen LogP contribution < -0.4 is 5.32 Å². The van der Waals surface area contributed by atoms with E-state index in [1.165, 1.54) is 5.56 Å². The maximum Gasteiger partial charge on any atom is 0.188 e. The lowest BCUT2D eigenvalue weighted by molar-refractivity contribution is 0.542. The predicted octanol–water partition coefficient (Wildman–Crippen LogP) is 0.520. The molecule has 0 unspecified atom stereocenters. The van der Waals surface area contributed by atoms with Crippen LogP contribution in [0.15, 0.2) is 6.20 Å². The normalized spacial score (nSPS) is 12.0.